The molecule has 1 aromatic carbocycles. The molecule has 30 heavy (non-hydrogen) atoms. The number of carbonyl (C=O) groups is 1. The van der Waals surface area contributed by atoms with Gasteiger partial charge in [0.05, 0.1) is 5.75 Å². The monoisotopic (exact) mass is 550 g/mol. The number of nitrogens with zero attached hydrogens (tertiary/aromatic N) is 1. The summed E-state index contributed by atoms with van der Waals surface area (Å²) in [5.41, 5.74) is 0.542. The van der Waals surface area contributed by atoms with Crippen LogP contribution in [0.1, 0.15) is 50.3 Å². The summed E-state index contributed by atoms with van der Waals surface area (Å²) in [4.78, 5) is 15.5. The van der Waals surface area contributed by atoms with Gasteiger partial charge in [-0.1, -0.05) is 48.3 Å². The van der Waals surface area contributed by atoms with E-state index in [1.165, 1.54) is 31.0 Å². The molecule has 1 fully saturated rings. The quantitative estimate of drug-likeness (QED) is 0.338. The van der Waals surface area contributed by atoms with Gasteiger partial charge >= 0.3 is 0 Å². The first-order valence-corrected chi connectivity index (χ1v) is 13.1. The van der Waals surface area contributed by atoms with Gasteiger partial charge in [0.2, 0.25) is 0 Å². The number of likely N-dealkylation sites (tertiary alicyclic amines) is 1. The Kier molecular flexibility index (Phi) is 14.6. The van der Waals surface area contributed by atoms with Gasteiger partial charge in [-0.15, -0.1) is 12.4 Å². The van der Waals surface area contributed by atoms with Crippen molar-refractivity contribution in [3.8, 4) is 0 Å². The minimum Gasteiger partial charge on any atom is -0.302 e. The molecule has 0 aromatic heterocycles. The normalized spacial score (nSPS) is 16.3. The first-order chi connectivity index (χ1) is 13.1. The number of hydrogen-bond acceptors (Lipinski definition) is 5. The minimum atomic E-state index is -4.00. The molecule has 1 unspecified atom stereocenters. The molecule has 1 aromatic rings. The van der Waals surface area contributed by atoms with Gasteiger partial charge in [-0.25, -0.2) is 0 Å². The number of rotatable bonds is 10. The van der Waals surface area contributed by atoms with Crippen molar-refractivity contribution in [1.82, 2.24) is 4.90 Å². The van der Waals surface area contributed by atoms with Crippen LogP contribution >= 0.6 is 40.1 Å². The zero-order valence-corrected chi connectivity index (χ0v) is 24.0. The van der Waals surface area contributed by atoms with Crippen molar-refractivity contribution in [2.24, 2.45) is 5.41 Å². The Balaban J connectivity index is 0.00000420. The summed E-state index contributed by atoms with van der Waals surface area (Å²) in [5, 5.41) is -0.136. The van der Waals surface area contributed by atoms with Crippen molar-refractivity contribution in [2.45, 2.75) is 44.8 Å². The van der Waals surface area contributed by atoms with Crippen molar-refractivity contribution in [1.29, 1.82) is 0 Å². The first kappa shape index (κ1) is 30.9. The van der Waals surface area contributed by atoms with Crippen LogP contribution in [0.25, 0.3) is 0 Å². The molecule has 1 radical (unpaired) electrons. The van der Waals surface area contributed by atoms with Crippen molar-refractivity contribution in [3.05, 3.63) is 34.3 Å². The Hall–Kier alpha value is 0.880. The van der Waals surface area contributed by atoms with Crippen molar-refractivity contribution < 1.29 is 17.8 Å². The fourth-order valence-electron chi connectivity index (χ4n) is 3.46. The fourth-order valence-corrected chi connectivity index (χ4v) is 5.85. The summed E-state index contributed by atoms with van der Waals surface area (Å²) in [7, 11) is -4.00. The first-order valence-electron chi connectivity index (χ1n) is 9.65. The molecule has 1 aliphatic heterocycles. The SMILES string of the molecule is CC(C)(CN1CCCCC1)C(=O)CC(SCCS(=O)(=O)O)c1ccc(Br)cc1.Cl.[Na]. The Morgan fingerprint density at radius 3 is 2.30 bits per heavy atom. The molecule has 1 aliphatic rings. The standard InChI is InChI=1S/C20H30BrNO4S2.ClH.Na/c1-20(2,15-22-10-4-3-5-11-22)19(23)14-18(27-12-13-28(24,25)26)16-6-8-17(21)9-7-16;;/h6-9,18H,3-5,10-15H2,1-2H3,(H,24,25,26);1H;. The second-order valence-electron chi connectivity index (χ2n) is 8.05. The third-order valence-electron chi connectivity index (χ3n) is 5.10. The largest absolute Gasteiger partial charge is 0.302 e. The number of ketones is 1. The topological polar surface area (TPSA) is 74.7 Å². The maximum Gasteiger partial charge on any atom is 0.265 e. The number of thioether (sulfide) groups is 1. The van der Waals surface area contributed by atoms with Crippen LogP contribution in [0.3, 0.4) is 0 Å². The third kappa shape index (κ3) is 11.1. The Morgan fingerprint density at radius 2 is 1.77 bits per heavy atom. The fraction of sp³-hybridized carbons (Fsp3) is 0.650. The molecule has 1 heterocycles. The predicted octanol–water partition coefficient (Wildman–Crippen LogP) is 4.62. The van der Waals surface area contributed by atoms with Crippen LogP contribution in [0.15, 0.2) is 28.7 Å². The van der Waals surface area contributed by atoms with Gasteiger partial charge in [0, 0.05) is 63.4 Å². The molecule has 1 atom stereocenters. The smallest absolute Gasteiger partial charge is 0.265 e. The van der Waals surface area contributed by atoms with Crippen LogP contribution in [0, 0.1) is 5.41 Å². The molecule has 5 nitrogen and oxygen atoms in total. The molecule has 1 saturated heterocycles. The molecular weight excluding hydrogens is 521 g/mol. The van der Waals surface area contributed by atoms with Crippen molar-refractivity contribution in [3.63, 3.8) is 0 Å². The number of hydrogen-bond donors (Lipinski definition) is 1. The van der Waals surface area contributed by atoms with E-state index in [4.69, 9.17) is 4.55 Å². The Labute approximate surface area is 222 Å². The third-order valence-corrected chi connectivity index (χ3v) is 7.88. The van der Waals surface area contributed by atoms with E-state index in [2.05, 4.69) is 20.8 Å². The average molecular weight is 552 g/mol. The van der Waals surface area contributed by atoms with Crippen LogP contribution in [0.5, 0.6) is 0 Å². The zero-order valence-electron chi connectivity index (χ0n) is 18.0. The van der Waals surface area contributed by atoms with Gasteiger partial charge < -0.3 is 4.90 Å². The van der Waals surface area contributed by atoms with E-state index in [0.29, 0.717) is 6.42 Å². The molecule has 0 saturated carbocycles. The van der Waals surface area contributed by atoms with Gasteiger partial charge in [0.1, 0.15) is 5.78 Å². The number of halogens is 2. The molecule has 0 amide bonds. The Morgan fingerprint density at radius 1 is 1.20 bits per heavy atom. The van der Waals surface area contributed by atoms with Gasteiger partial charge in [-0.05, 0) is 43.6 Å². The number of benzene rings is 1. The maximum atomic E-state index is 13.1. The van der Waals surface area contributed by atoms with E-state index in [1.807, 2.05) is 38.1 Å². The molecule has 0 spiro atoms. The van der Waals surface area contributed by atoms with E-state index >= 15 is 0 Å². The second-order valence-corrected chi connectivity index (χ2v) is 11.8. The minimum absolute atomic E-state index is 0. The van der Waals surface area contributed by atoms with Crippen LogP contribution in [0.2, 0.25) is 0 Å². The molecule has 10 heteroatoms. The Bertz CT molecular complexity index is 757. The van der Waals surface area contributed by atoms with Crippen LogP contribution in [0.4, 0.5) is 0 Å². The average Bonchev–Trinajstić information content (AvgIpc) is 2.61. The van der Waals surface area contributed by atoms with Gasteiger partial charge in [0.25, 0.3) is 10.1 Å². The van der Waals surface area contributed by atoms with Crippen molar-refractivity contribution >= 4 is 85.6 Å². The van der Waals surface area contributed by atoms with Crippen molar-refractivity contribution in [2.75, 3.05) is 31.1 Å². The summed E-state index contributed by atoms with van der Waals surface area (Å²) >= 11 is 4.83. The zero-order chi connectivity index (χ0) is 20.8. The van der Waals surface area contributed by atoms with E-state index in [0.717, 1.165) is 29.7 Å². The summed E-state index contributed by atoms with van der Waals surface area (Å²) in [6.45, 7) is 6.87. The molecule has 167 valence electrons. The summed E-state index contributed by atoms with van der Waals surface area (Å²) < 4.78 is 32.1. The van der Waals surface area contributed by atoms with Gasteiger partial charge in [-0.3, -0.25) is 9.35 Å². The van der Waals surface area contributed by atoms with E-state index in [1.54, 1.807) is 0 Å². The summed E-state index contributed by atoms with van der Waals surface area (Å²) in [5.74, 6) is 0.125. The molecule has 0 bridgehead atoms. The number of piperidine rings is 1. The molecular formula is C20H31BrClNNaO4S2. The van der Waals surface area contributed by atoms with Crippen LogP contribution in [-0.4, -0.2) is 84.4 Å². The predicted molar refractivity (Wildman–Crippen MR) is 132 cm³/mol. The van der Waals surface area contributed by atoms with Gasteiger partial charge in [-0.2, -0.15) is 20.2 Å². The van der Waals surface area contributed by atoms with Gasteiger partial charge in [0.15, 0.2) is 0 Å². The van der Waals surface area contributed by atoms with Crippen LogP contribution < -0.4 is 0 Å². The van der Waals surface area contributed by atoms with E-state index < -0.39 is 15.5 Å². The molecule has 2 rings (SSSR count). The maximum absolute atomic E-state index is 13.1. The van der Waals surface area contributed by atoms with E-state index in [-0.39, 0.29) is 64.5 Å². The second kappa shape index (κ2) is 14.2. The van der Waals surface area contributed by atoms with E-state index in [9.17, 15) is 13.2 Å². The molecule has 1 N–H and O–H groups in total. The number of carbonyl (C=O) groups excluding carboxylic acids is 1. The van der Waals surface area contributed by atoms with Crippen LogP contribution in [-0.2, 0) is 14.9 Å². The summed E-state index contributed by atoms with van der Waals surface area (Å²) in [6, 6.07) is 7.77. The molecule has 0 aliphatic carbocycles. The summed E-state index contributed by atoms with van der Waals surface area (Å²) in [6.07, 6.45) is 3.99. The number of Topliss-reactive ketones (excluding diaryl/α,β-unsaturated/α-hetero) is 1.